The van der Waals surface area contributed by atoms with Gasteiger partial charge >= 0.3 is 18.5 Å². The summed E-state index contributed by atoms with van der Waals surface area (Å²) in [5, 5.41) is 8.44. The van der Waals surface area contributed by atoms with Crippen LogP contribution in [0.4, 0.5) is 51.1 Å². The minimum Gasteiger partial charge on any atom is -0.497 e. The van der Waals surface area contributed by atoms with E-state index in [-0.39, 0.29) is 31.5 Å². The van der Waals surface area contributed by atoms with Crippen molar-refractivity contribution in [3.8, 4) is 5.75 Å². The molecule has 2 unspecified atom stereocenters. The first-order valence-electron chi connectivity index (χ1n) is 16.3. The van der Waals surface area contributed by atoms with Crippen LogP contribution in [0.25, 0.3) is 0 Å². The molecule has 0 spiro atoms. The van der Waals surface area contributed by atoms with E-state index in [9.17, 15) is 49.1 Å². The Morgan fingerprint density at radius 2 is 1.55 bits per heavy atom. The number of carbonyl (C=O) groups is 1. The molecule has 5 rings (SSSR count). The summed E-state index contributed by atoms with van der Waals surface area (Å²) >= 11 is 0. The molecular weight excluding hydrogens is 731 g/mol. The molecule has 2 fully saturated rings. The fourth-order valence-corrected chi connectivity index (χ4v) is 6.08. The summed E-state index contributed by atoms with van der Waals surface area (Å²) in [4.78, 5) is 37.3. The van der Waals surface area contributed by atoms with Crippen molar-refractivity contribution in [1.82, 2.24) is 30.0 Å². The Hall–Kier alpha value is -4.66. The summed E-state index contributed by atoms with van der Waals surface area (Å²) in [6.45, 7) is -1.89. The lowest BCUT2D eigenvalue weighted by molar-refractivity contribution is -0.139. The van der Waals surface area contributed by atoms with Crippen molar-refractivity contribution >= 4 is 17.5 Å². The maximum Gasteiger partial charge on any atom is 0.423 e. The molecule has 12 nitrogen and oxygen atoms in total. The number of methoxy groups -OCH3 is 1. The van der Waals surface area contributed by atoms with Crippen molar-refractivity contribution in [3.63, 3.8) is 0 Å². The minimum absolute atomic E-state index is 0.113. The molecule has 0 radical (unpaired) electrons. The van der Waals surface area contributed by atoms with E-state index in [1.165, 1.54) is 7.11 Å². The van der Waals surface area contributed by atoms with Gasteiger partial charge in [0.2, 0.25) is 5.95 Å². The van der Waals surface area contributed by atoms with Gasteiger partial charge in [-0.15, -0.1) is 0 Å². The highest BCUT2D eigenvalue weighted by Crippen LogP contribution is 2.33. The summed E-state index contributed by atoms with van der Waals surface area (Å²) in [6.07, 6.45) is -12.2. The first kappa shape index (κ1) is 39.5. The predicted octanol–water partition coefficient (Wildman–Crippen LogP) is 4.35. The molecule has 2 aliphatic rings. The number of ether oxygens (including phenoxy) is 2. The van der Waals surface area contributed by atoms with Gasteiger partial charge in [-0.3, -0.25) is 9.59 Å². The molecule has 2 N–H and O–H groups in total. The fourth-order valence-electron chi connectivity index (χ4n) is 6.08. The van der Waals surface area contributed by atoms with E-state index in [1.54, 1.807) is 34.1 Å². The number of benzene rings is 1. The van der Waals surface area contributed by atoms with Crippen molar-refractivity contribution in [1.29, 1.82) is 0 Å². The number of aromatic nitrogens is 4. The number of piperidine rings is 1. The van der Waals surface area contributed by atoms with Crippen molar-refractivity contribution in [2.75, 3.05) is 56.7 Å². The third-order valence-electron chi connectivity index (χ3n) is 8.74. The molecule has 1 amide bonds. The summed E-state index contributed by atoms with van der Waals surface area (Å²) in [5.41, 5.74) is -4.41. The quantitative estimate of drug-likeness (QED) is 0.243. The van der Waals surface area contributed by atoms with Gasteiger partial charge in [-0.05, 0) is 30.5 Å². The average molecular weight is 767 g/mol. The molecule has 4 heterocycles. The van der Waals surface area contributed by atoms with Crippen molar-refractivity contribution in [2.45, 2.75) is 62.5 Å². The fraction of sp³-hybridized carbons (Fsp3) is 0.531. The second kappa shape index (κ2) is 16.1. The normalized spacial score (nSPS) is 18.1. The lowest BCUT2D eigenvalue weighted by atomic mass is 10.0. The number of halogens is 9. The molecule has 1 aromatic carbocycles. The third kappa shape index (κ3) is 10.3. The minimum atomic E-state index is -5.18. The maximum absolute atomic E-state index is 14.3. The molecule has 2 saturated heterocycles. The van der Waals surface area contributed by atoms with Gasteiger partial charge in [-0.2, -0.15) is 44.6 Å². The van der Waals surface area contributed by atoms with E-state index in [0.29, 0.717) is 54.3 Å². The van der Waals surface area contributed by atoms with Crippen LogP contribution >= 0.6 is 0 Å². The zero-order valence-electron chi connectivity index (χ0n) is 28.1. The second-order valence-corrected chi connectivity index (χ2v) is 12.5. The monoisotopic (exact) mass is 766 g/mol. The molecule has 2 aromatic heterocycles. The molecule has 3 aromatic rings. The molecule has 0 bridgehead atoms. The van der Waals surface area contributed by atoms with Crippen LogP contribution in [0.2, 0.25) is 0 Å². The van der Waals surface area contributed by atoms with E-state index in [0.717, 1.165) is 6.20 Å². The predicted molar refractivity (Wildman–Crippen MR) is 170 cm³/mol. The second-order valence-electron chi connectivity index (χ2n) is 12.5. The highest BCUT2D eigenvalue weighted by atomic mass is 19.4. The Kier molecular flexibility index (Phi) is 12.0. The van der Waals surface area contributed by atoms with Crippen LogP contribution in [0.15, 0.2) is 47.7 Å². The number of carbonyl (C=O) groups excluding carboxylic acids is 1. The van der Waals surface area contributed by atoms with Crippen LogP contribution in [0.1, 0.15) is 36.0 Å². The lowest BCUT2D eigenvalue weighted by Gasteiger charge is -2.36. The van der Waals surface area contributed by atoms with Gasteiger partial charge in [0.15, 0.2) is 0 Å². The van der Waals surface area contributed by atoms with Gasteiger partial charge in [0, 0.05) is 51.0 Å². The van der Waals surface area contributed by atoms with Gasteiger partial charge in [0.1, 0.15) is 17.4 Å². The number of amides is 1. The van der Waals surface area contributed by atoms with Crippen LogP contribution in [0.5, 0.6) is 5.75 Å². The van der Waals surface area contributed by atoms with E-state index in [1.807, 2.05) is 0 Å². The van der Waals surface area contributed by atoms with Crippen molar-refractivity contribution < 1.29 is 53.8 Å². The highest BCUT2D eigenvalue weighted by molar-refractivity contribution is 5.83. The molecule has 290 valence electrons. The van der Waals surface area contributed by atoms with Crippen molar-refractivity contribution in [2.24, 2.45) is 0 Å². The Balaban J connectivity index is 1.23. The van der Waals surface area contributed by atoms with E-state index in [4.69, 9.17) is 9.47 Å². The highest BCUT2D eigenvalue weighted by Gasteiger charge is 2.41. The van der Waals surface area contributed by atoms with Crippen LogP contribution in [-0.2, 0) is 28.4 Å². The molecule has 2 atom stereocenters. The topological polar surface area (TPSA) is 127 Å². The van der Waals surface area contributed by atoms with E-state index >= 15 is 0 Å². The van der Waals surface area contributed by atoms with Crippen LogP contribution in [0, 0.1) is 0 Å². The SMILES string of the molecule is COc1ccc(Cn2ncc(NC(CNCC(F)(F)F)COC3CCN(C4CCN(c5ncc(C(F)(F)F)cn5)CC4)C3=O)c(C(F)(F)F)c2=O)cc1. The first-order valence-corrected chi connectivity index (χ1v) is 16.3. The molecular formula is C32H35F9N8O4. The van der Waals surface area contributed by atoms with Gasteiger partial charge in [0.05, 0.1) is 50.3 Å². The van der Waals surface area contributed by atoms with Gasteiger partial charge in [-0.25, -0.2) is 14.6 Å². The number of hydrogen-bond donors (Lipinski definition) is 2. The van der Waals surface area contributed by atoms with Crippen LogP contribution in [-0.4, -0.2) is 101 Å². The number of likely N-dealkylation sites (tertiary alicyclic amines) is 1. The molecule has 21 heteroatoms. The summed E-state index contributed by atoms with van der Waals surface area (Å²) in [7, 11) is 1.43. The van der Waals surface area contributed by atoms with Crippen LogP contribution < -0.4 is 25.8 Å². The zero-order chi connectivity index (χ0) is 38.6. The van der Waals surface area contributed by atoms with Gasteiger partial charge < -0.3 is 29.9 Å². The number of rotatable bonds is 13. The molecule has 0 aliphatic carbocycles. The Bertz CT molecular complexity index is 1740. The first-order chi connectivity index (χ1) is 24.9. The summed E-state index contributed by atoms with van der Waals surface area (Å²) in [5.74, 6) is 0.177. The number of hydrogen-bond acceptors (Lipinski definition) is 10. The molecule has 2 aliphatic heterocycles. The van der Waals surface area contributed by atoms with E-state index < -0.39 is 78.7 Å². The standard InChI is InChI=1S/C32H35F9N8O4/c1-52-23-4-2-19(3-5-23)16-49-28(51)26(32(39,40)41)24(15-45-49)46-21(14-42-18-30(33,34)35)17-53-25-8-11-48(27(25)50)22-6-9-47(10-7-22)29-43-12-20(13-44-29)31(36,37)38/h2-5,12-13,15,21-22,25,42,46H,6-11,14,16-18H2,1H3. The number of anilines is 2. The Morgan fingerprint density at radius 3 is 2.13 bits per heavy atom. The van der Waals surface area contributed by atoms with Crippen LogP contribution in [0.3, 0.4) is 0 Å². The van der Waals surface area contributed by atoms with Gasteiger partial charge in [0.25, 0.3) is 11.5 Å². The number of alkyl halides is 9. The zero-order valence-corrected chi connectivity index (χ0v) is 28.1. The lowest BCUT2D eigenvalue weighted by Crippen LogP contribution is -2.47. The molecule has 0 saturated carbocycles. The average Bonchev–Trinajstić information content (AvgIpc) is 3.46. The third-order valence-corrected chi connectivity index (χ3v) is 8.74. The maximum atomic E-state index is 14.3. The number of nitrogens with zero attached hydrogens (tertiary/aromatic N) is 6. The Morgan fingerprint density at radius 1 is 0.887 bits per heavy atom. The smallest absolute Gasteiger partial charge is 0.423 e. The summed E-state index contributed by atoms with van der Waals surface area (Å²) < 4.78 is 132. The summed E-state index contributed by atoms with van der Waals surface area (Å²) in [6, 6.07) is 4.66. The Labute approximate surface area is 296 Å². The largest absolute Gasteiger partial charge is 0.497 e. The number of nitrogens with one attached hydrogen (secondary N) is 2. The van der Waals surface area contributed by atoms with Gasteiger partial charge in [-0.1, -0.05) is 12.1 Å². The van der Waals surface area contributed by atoms with E-state index in [2.05, 4.69) is 25.7 Å². The van der Waals surface area contributed by atoms with Crippen molar-refractivity contribution in [3.05, 3.63) is 69.9 Å². The molecule has 53 heavy (non-hydrogen) atoms.